The van der Waals surface area contributed by atoms with E-state index in [9.17, 15) is 4.79 Å². The van der Waals surface area contributed by atoms with Gasteiger partial charge in [0.2, 0.25) is 0 Å². The number of nitrogens with zero attached hydrogens (tertiary/aromatic N) is 2. The Hall–Kier alpha value is -2.33. The molecule has 1 aliphatic heterocycles. The van der Waals surface area contributed by atoms with Crippen LogP contribution in [0.3, 0.4) is 0 Å². The van der Waals surface area contributed by atoms with Crippen LogP contribution >= 0.6 is 20.2 Å². The number of aromatic nitrogens is 1. The van der Waals surface area contributed by atoms with Gasteiger partial charge in [-0.3, -0.25) is 20.1 Å². The van der Waals surface area contributed by atoms with Crippen LogP contribution in [0.1, 0.15) is 76.3 Å². The average Bonchev–Trinajstić information content (AvgIpc) is 2.83. The zero-order valence-corrected chi connectivity index (χ0v) is 23.4. The van der Waals surface area contributed by atoms with Crippen molar-refractivity contribution < 1.29 is 4.79 Å². The first-order valence-corrected chi connectivity index (χ1v) is 13.7. The second kappa shape index (κ2) is 14.9. The summed E-state index contributed by atoms with van der Waals surface area (Å²) in [5.74, 6) is 0.572. The Morgan fingerprint density at radius 1 is 1.20 bits per heavy atom. The molecule has 0 bridgehead atoms. The van der Waals surface area contributed by atoms with Gasteiger partial charge in [-0.1, -0.05) is 78.6 Å². The predicted molar refractivity (Wildman–Crippen MR) is 153 cm³/mol. The molecule has 188 valence electrons. The molecule has 7 heteroatoms. The third-order valence-corrected chi connectivity index (χ3v) is 6.66. The molecule has 1 aromatic carbocycles. The molecule has 1 amide bonds. The van der Waals surface area contributed by atoms with Gasteiger partial charge < -0.3 is 5.32 Å². The topological polar surface area (TPSA) is 66.4 Å². The number of hydrogen-bond acceptors (Lipinski definition) is 4. The Kier molecular flexibility index (Phi) is 12.3. The molecule has 1 aliphatic rings. The van der Waals surface area contributed by atoms with Crippen molar-refractivity contribution in [2.75, 3.05) is 5.32 Å². The van der Waals surface area contributed by atoms with Gasteiger partial charge in [0.05, 0.1) is 22.1 Å². The van der Waals surface area contributed by atoms with Gasteiger partial charge in [-0.2, -0.15) is 0 Å². The Morgan fingerprint density at radius 3 is 2.60 bits per heavy atom. The Bertz CT molecular complexity index is 1060. The number of hydrogen-bond donors (Lipinski definition) is 2. The van der Waals surface area contributed by atoms with Gasteiger partial charge in [0.25, 0.3) is 5.91 Å². The maximum Gasteiger partial charge on any atom is 0.257 e. The zero-order valence-electron chi connectivity index (χ0n) is 21.6. The first-order valence-electron chi connectivity index (χ1n) is 12.2. The standard InChI is InChI=1S/C25H30ClN4OP.C3H8/c1-5-22-23(10-9-16(2)3)32-24(15-28-22)29-17(4)18-7-6-8-21(12-18)30-25(31)19-11-20(26)14-27-13-19;1-3-2/h5-8,10-17,24,29,32H,9H2,1-4H3,(H,30,31);3H2,1-2H3/b22-5+,23-10-;. The van der Waals surface area contributed by atoms with Crippen molar-refractivity contribution >= 4 is 38.0 Å². The lowest BCUT2D eigenvalue weighted by Crippen LogP contribution is -2.30. The van der Waals surface area contributed by atoms with Crippen LogP contribution in [0.2, 0.25) is 5.02 Å². The summed E-state index contributed by atoms with van der Waals surface area (Å²) in [5.41, 5.74) is 3.33. The average molecular weight is 513 g/mol. The smallest absolute Gasteiger partial charge is 0.257 e. The highest BCUT2D eigenvalue weighted by molar-refractivity contribution is 7.45. The van der Waals surface area contributed by atoms with E-state index in [0.29, 0.717) is 25.1 Å². The fourth-order valence-electron chi connectivity index (χ4n) is 3.33. The zero-order chi connectivity index (χ0) is 25.8. The lowest BCUT2D eigenvalue weighted by Gasteiger charge is -2.26. The molecule has 0 radical (unpaired) electrons. The molecule has 0 saturated carbocycles. The SMILES string of the molecule is C/C=C1/N=CC(NC(C)c2cccc(NC(=O)c3cncc(Cl)c3)c2)P/C1=C\CC(C)C.CCC. The summed E-state index contributed by atoms with van der Waals surface area (Å²) in [4.78, 5) is 21.2. The quantitative estimate of drug-likeness (QED) is 0.369. The molecule has 2 heterocycles. The maximum atomic E-state index is 12.5. The Labute approximate surface area is 217 Å². The molecule has 2 N–H and O–H groups in total. The summed E-state index contributed by atoms with van der Waals surface area (Å²) in [7, 11) is 0.625. The van der Waals surface area contributed by atoms with E-state index in [1.807, 2.05) is 31.3 Å². The van der Waals surface area contributed by atoms with E-state index in [0.717, 1.165) is 23.4 Å². The summed E-state index contributed by atoms with van der Waals surface area (Å²) in [6, 6.07) is 9.57. The molecule has 2 aromatic rings. The molecular formula is C28H38ClN4OP. The van der Waals surface area contributed by atoms with Crippen molar-refractivity contribution in [3.8, 4) is 0 Å². The second-order valence-electron chi connectivity index (χ2n) is 8.89. The predicted octanol–water partition coefficient (Wildman–Crippen LogP) is 7.98. The summed E-state index contributed by atoms with van der Waals surface area (Å²) >= 11 is 5.95. The van der Waals surface area contributed by atoms with Crippen molar-refractivity contribution in [1.29, 1.82) is 0 Å². The Morgan fingerprint density at radius 2 is 1.94 bits per heavy atom. The van der Waals surface area contributed by atoms with E-state index in [4.69, 9.17) is 11.6 Å². The van der Waals surface area contributed by atoms with Crippen molar-refractivity contribution in [2.45, 2.75) is 66.2 Å². The van der Waals surface area contributed by atoms with Crippen LogP contribution in [0.25, 0.3) is 0 Å². The van der Waals surface area contributed by atoms with Crippen molar-refractivity contribution in [1.82, 2.24) is 10.3 Å². The third-order valence-electron chi connectivity index (χ3n) is 5.06. The van der Waals surface area contributed by atoms with E-state index in [2.05, 4.69) is 73.4 Å². The second-order valence-corrected chi connectivity index (χ2v) is 10.8. The number of rotatable bonds is 7. The van der Waals surface area contributed by atoms with Gasteiger partial charge in [0.1, 0.15) is 0 Å². The van der Waals surface area contributed by atoms with Gasteiger partial charge in [0, 0.05) is 30.3 Å². The molecule has 3 unspecified atom stereocenters. The van der Waals surface area contributed by atoms with Gasteiger partial charge in [-0.15, -0.1) is 0 Å². The maximum absolute atomic E-state index is 12.5. The highest BCUT2D eigenvalue weighted by Gasteiger charge is 2.19. The van der Waals surface area contributed by atoms with E-state index in [1.54, 1.807) is 6.07 Å². The fourth-order valence-corrected chi connectivity index (χ4v) is 4.91. The van der Waals surface area contributed by atoms with Crippen LogP contribution in [-0.4, -0.2) is 22.9 Å². The number of amides is 1. The van der Waals surface area contributed by atoms with Gasteiger partial charge in [-0.05, 0) is 55.3 Å². The van der Waals surface area contributed by atoms with Crippen molar-refractivity contribution in [3.05, 3.63) is 82.0 Å². The molecular weight excluding hydrogens is 475 g/mol. The van der Waals surface area contributed by atoms with Crippen LogP contribution < -0.4 is 10.6 Å². The van der Waals surface area contributed by atoms with E-state index >= 15 is 0 Å². The number of halogens is 1. The molecule has 0 saturated heterocycles. The normalized spacial score (nSPS) is 19.0. The van der Waals surface area contributed by atoms with Crippen LogP contribution in [-0.2, 0) is 0 Å². The summed E-state index contributed by atoms with van der Waals surface area (Å²) in [6.07, 6.45) is 11.7. The largest absolute Gasteiger partial charge is 0.322 e. The number of carbonyl (C=O) groups is 1. The minimum Gasteiger partial charge on any atom is -0.322 e. The molecule has 0 spiro atoms. The van der Waals surface area contributed by atoms with Gasteiger partial charge in [-0.25, -0.2) is 0 Å². The number of anilines is 1. The number of benzene rings is 1. The summed E-state index contributed by atoms with van der Waals surface area (Å²) in [5, 5.41) is 8.35. The van der Waals surface area contributed by atoms with Gasteiger partial charge >= 0.3 is 0 Å². The van der Waals surface area contributed by atoms with Crippen molar-refractivity contribution in [2.24, 2.45) is 10.9 Å². The highest BCUT2D eigenvalue weighted by Crippen LogP contribution is 2.39. The first-order chi connectivity index (χ1) is 16.8. The van der Waals surface area contributed by atoms with Crippen LogP contribution in [0, 0.1) is 5.92 Å². The molecule has 3 atom stereocenters. The third kappa shape index (κ3) is 9.68. The molecule has 35 heavy (non-hydrogen) atoms. The molecule has 3 rings (SSSR count). The van der Waals surface area contributed by atoms with Crippen LogP contribution in [0.5, 0.6) is 0 Å². The Balaban J connectivity index is 0.00000137. The summed E-state index contributed by atoms with van der Waals surface area (Å²) in [6.45, 7) is 12.9. The number of carbonyl (C=O) groups excluding carboxylic acids is 1. The van der Waals surface area contributed by atoms with Gasteiger partial charge in [0.15, 0.2) is 0 Å². The lowest BCUT2D eigenvalue weighted by molar-refractivity contribution is 0.102. The summed E-state index contributed by atoms with van der Waals surface area (Å²) < 4.78 is 0. The number of pyridine rings is 1. The number of allylic oxidation sites excluding steroid dienone is 3. The lowest BCUT2D eigenvalue weighted by atomic mass is 10.1. The van der Waals surface area contributed by atoms with E-state index < -0.39 is 0 Å². The minimum atomic E-state index is -0.238. The van der Waals surface area contributed by atoms with Crippen molar-refractivity contribution in [3.63, 3.8) is 0 Å². The van der Waals surface area contributed by atoms with Crippen LogP contribution in [0.15, 0.2) is 70.9 Å². The highest BCUT2D eigenvalue weighted by atomic mass is 35.5. The van der Waals surface area contributed by atoms with Crippen LogP contribution in [0.4, 0.5) is 5.69 Å². The van der Waals surface area contributed by atoms with E-state index in [1.165, 1.54) is 24.1 Å². The molecule has 5 nitrogen and oxygen atoms in total. The minimum absolute atomic E-state index is 0.0992. The number of aliphatic imine (C=N–C) groups is 1. The molecule has 0 aliphatic carbocycles. The molecule has 1 aromatic heterocycles. The molecule has 0 fully saturated rings. The monoisotopic (exact) mass is 512 g/mol. The first kappa shape index (κ1) is 28.9. The van der Waals surface area contributed by atoms with E-state index in [-0.39, 0.29) is 17.7 Å². The fraction of sp³-hybridized carbons (Fsp3) is 0.393. The number of nitrogens with one attached hydrogen (secondary N) is 2.